The molecule has 158 valence electrons. The van der Waals surface area contributed by atoms with E-state index in [1.165, 1.54) is 6.33 Å². The van der Waals surface area contributed by atoms with Crippen LogP contribution < -0.4 is 11.1 Å². The third kappa shape index (κ3) is 3.86. The molecule has 2 fully saturated rings. The highest BCUT2D eigenvalue weighted by Crippen LogP contribution is 2.44. The lowest BCUT2D eigenvalue weighted by Crippen LogP contribution is -2.38. The highest BCUT2D eigenvalue weighted by atomic mass is 16.8. The van der Waals surface area contributed by atoms with Crippen LogP contribution in [0.4, 0.5) is 5.82 Å². The largest absolute Gasteiger partial charge is 0.371 e. The highest BCUT2D eigenvalue weighted by Gasteiger charge is 2.56. The zero-order chi connectivity index (χ0) is 20.6. The maximum atomic E-state index is 6.43. The zero-order valence-electron chi connectivity index (χ0n) is 17.3. The van der Waals surface area contributed by atoms with E-state index in [4.69, 9.17) is 19.9 Å². The summed E-state index contributed by atoms with van der Waals surface area (Å²) < 4.78 is 20.8. The van der Waals surface area contributed by atoms with Gasteiger partial charge in [0.25, 0.3) is 0 Å². The van der Waals surface area contributed by atoms with E-state index in [2.05, 4.69) is 31.2 Å². The van der Waals surface area contributed by atoms with Gasteiger partial charge in [0.1, 0.15) is 30.2 Å². The van der Waals surface area contributed by atoms with Crippen LogP contribution in [-0.4, -0.2) is 82.2 Å². The maximum absolute atomic E-state index is 6.43. The Morgan fingerprint density at radius 1 is 1.24 bits per heavy atom. The number of fused-ring (bicyclic) bond motifs is 2. The molecular formula is C19H29N7O3. The molecule has 2 aliphatic rings. The Morgan fingerprint density at radius 2 is 2.03 bits per heavy atom. The number of nitrogens with one attached hydrogen (secondary N) is 1. The molecule has 2 saturated heterocycles. The van der Waals surface area contributed by atoms with Gasteiger partial charge in [0.2, 0.25) is 0 Å². The monoisotopic (exact) mass is 403 g/mol. The summed E-state index contributed by atoms with van der Waals surface area (Å²) in [6.07, 6.45) is 6.28. The molecule has 0 unspecified atom stereocenters. The Morgan fingerprint density at radius 3 is 2.79 bits per heavy atom. The molecule has 0 amide bonds. The first kappa shape index (κ1) is 20.2. The van der Waals surface area contributed by atoms with E-state index in [0.717, 1.165) is 6.54 Å². The summed E-state index contributed by atoms with van der Waals surface area (Å²) in [5.41, 5.74) is 6.92. The highest BCUT2D eigenvalue weighted by molar-refractivity contribution is 5.82. The van der Waals surface area contributed by atoms with Crippen LogP contribution in [0.15, 0.2) is 24.8 Å². The molecular weight excluding hydrogens is 374 g/mol. The van der Waals surface area contributed by atoms with Crippen molar-refractivity contribution in [2.75, 3.05) is 39.0 Å². The lowest BCUT2D eigenvalue weighted by Gasteiger charge is -2.26. The molecule has 4 atom stereocenters. The predicted octanol–water partition coefficient (Wildman–Crippen LogP) is 0.732. The molecule has 0 saturated carbocycles. The normalized spacial score (nSPS) is 28.6. The Bertz CT molecular complexity index is 884. The van der Waals surface area contributed by atoms with Crippen molar-refractivity contribution in [3.63, 3.8) is 0 Å². The minimum atomic E-state index is -0.671. The van der Waals surface area contributed by atoms with Crippen molar-refractivity contribution in [1.29, 1.82) is 0 Å². The number of rotatable bonds is 7. The van der Waals surface area contributed by atoms with E-state index in [1.54, 1.807) is 6.33 Å². The van der Waals surface area contributed by atoms with E-state index in [0.29, 0.717) is 30.1 Å². The van der Waals surface area contributed by atoms with Crippen LogP contribution in [-0.2, 0) is 14.2 Å². The summed E-state index contributed by atoms with van der Waals surface area (Å²) in [6.45, 7) is 5.89. The first-order valence-electron chi connectivity index (χ1n) is 9.83. The Labute approximate surface area is 170 Å². The van der Waals surface area contributed by atoms with E-state index in [9.17, 15) is 0 Å². The van der Waals surface area contributed by atoms with Crippen molar-refractivity contribution in [1.82, 2.24) is 24.4 Å². The SMILES string of the molecule is CNc1ncnc2c1ncn2[C@@H]1O[C@H](CN(C)C/C=C\CN)[C@H]2OC(C)(C)O[C@H]21. The number of likely N-dealkylation sites (N-methyl/N-ethyl adjacent to an activating group) is 1. The fraction of sp³-hybridized carbons (Fsp3) is 0.632. The van der Waals surface area contributed by atoms with Crippen molar-refractivity contribution in [3.05, 3.63) is 24.8 Å². The molecule has 2 aliphatic heterocycles. The first-order chi connectivity index (χ1) is 13.9. The summed E-state index contributed by atoms with van der Waals surface area (Å²) >= 11 is 0. The van der Waals surface area contributed by atoms with Crippen LogP contribution in [0.5, 0.6) is 0 Å². The van der Waals surface area contributed by atoms with E-state index in [1.807, 2.05) is 38.6 Å². The lowest BCUT2D eigenvalue weighted by molar-refractivity contribution is -0.197. The van der Waals surface area contributed by atoms with Crippen LogP contribution in [0, 0.1) is 0 Å². The average molecular weight is 403 g/mol. The Hall–Kier alpha value is -2.11. The fourth-order valence-corrected chi connectivity index (χ4v) is 3.98. The van der Waals surface area contributed by atoms with Gasteiger partial charge in [-0.2, -0.15) is 0 Å². The topological polar surface area (TPSA) is 113 Å². The lowest BCUT2D eigenvalue weighted by atomic mass is 10.1. The molecule has 4 rings (SSSR count). The maximum Gasteiger partial charge on any atom is 0.167 e. The van der Waals surface area contributed by atoms with Crippen molar-refractivity contribution >= 4 is 17.0 Å². The van der Waals surface area contributed by atoms with Gasteiger partial charge in [0, 0.05) is 26.7 Å². The van der Waals surface area contributed by atoms with E-state index >= 15 is 0 Å². The van der Waals surface area contributed by atoms with Gasteiger partial charge in [-0.1, -0.05) is 12.2 Å². The predicted molar refractivity (Wildman–Crippen MR) is 108 cm³/mol. The third-order valence-corrected chi connectivity index (χ3v) is 5.21. The van der Waals surface area contributed by atoms with Crippen LogP contribution in [0.3, 0.4) is 0 Å². The van der Waals surface area contributed by atoms with Crippen LogP contribution >= 0.6 is 0 Å². The zero-order valence-corrected chi connectivity index (χ0v) is 17.3. The number of nitrogens with two attached hydrogens (primary N) is 1. The minimum absolute atomic E-state index is 0.147. The summed E-state index contributed by atoms with van der Waals surface area (Å²) in [6, 6.07) is 0. The molecule has 0 aromatic carbocycles. The third-order valence-electron chi connectivity index (χ3n) is 5.21. The quantitative estimate of drug-likeness (QED) is 0.646. The number of aromatic nitrogens is 4. The second kappa shape index (κ2) is 7.96. The second-order valence-corrected chi connectivity index (χ2v) is 7.85. The molecule has 4 heterocycles. The molecule has 0 radical (unpaired) electrons. The Balaban J connectivity index is 1.60. The van der Waals surface area contributed by atoms with Crippen molar-refractivity contribution in [2.45, 2.75) is 44.2 Å². The standard InChI is InChI=1S/C19H29N7O3/c1-19(2)28-14-12(9-25(4)8-6-5-7-20)27-18(15(14)29-19)26-11-24-13-16(21-3)22-10-23-17(13)26/h5-6,10-12,14-15,18H,7-9,20H2,1-4H3,(H,21,22,23)/b6-5-/t12-,14-,15-,18-/m1/s1. The van der Waals surface area contributed by atoms with Gasteiger partial charge in [0.15, 0.2) is 23.5 Å². The summed E-state index contributed by atoms with van der Waals surface area (Å²) in [5.74, 6) is 0.00462. The molecule has 2 aromatic heterocycles. The molecule has 0 spiro atoms. The first-order valence-corrected chi connectivity index (χ1v) is 9.83. The molecule has 3 N–H and O–H groups in total. The van der Waals surface area contributed by atoms with Gasteiger partial charge in [-0.15, -0.1) is 0 Å². The van der Waals surface area contributed by atoms with Gasteiger partial charge in [-0.25, -0.2) is 15.0 Å². The number of imidazole rings is 1. The number of anilines is 1. The number of nitrogens with zero attached hydrogens (tertiary/aromatic N) is 5. The minimum Gasteiger partial charge on any atom is -0.371 e. The molecule has 10 nitrogen and oxygen atoms in total. The summed E-state index contributed by atoms with van der Waals surface area (Å²) in [4.78, 5) is 15.3. The van der Waals surface area contributed by atoms with E-state index < -0.39 is 5.79 Å². The van der Waals surface area contributed by atoms with Gasteiger partial charge in [-0.3, -0.25) is 4.57 Å². The van der Waals surface area contributed by atoms with Gasteiger partial charge in [-0.05, 0) is 20.9 Å². The van der Waals surface area contributed by atoms with Crippen molar-refractivity contribution in [2.24, 2.45) is 5.73 Å². The Kier molecular flexibility index (Phi) is 5.54. The average Bonchev–Trinajstić information content (AvgIpc) is 3.33. The second-order valence-electron chi connectivity index (χ2n) is 7.85. The number of hydrogen-bond acceptors (Lipinski definition) is 9. The molecule has 10 heteroatoms. The van der Waals surface area contributed by atoms with Crippen molar-refractivity contribution < 1.29 is 14.2 Å². The molecule has 0 bridgehead atoms. The number of hydrogen-bond donors (Lipinski definition) is 2. The molecule has 0 aliphatic carbocycles. The molecule has 29 heavy (non-hydrogen) atoms. The van der Waals surface area contributed by atoms with Gasteiger partial charge in [0.05, 0.1) is 6.33 Å². The smallest absolute Gasteiger partial charge is 0.167 e. The fourth-order valence-electron chi connectivity index (χ4n) is 3.98. The van der Waals surface area contributed by atoms with Gasteiger partial charge >= 0.3 is 0 Å². The summed E-state index contributed by atoms with van der Waals surface area (Å²) in [5, 5.41) is 3.05. The van der Waals surface area contributed by atoms with Crippen LogP contribution in [0.25, 0.3) is 11.2 Å². The van der Waals surface area contributed by atoms with Crippen LogP contribution in [0.2, 0.25) is 0 Å². The van der Waals surface area contributed by atoms with Crippen LogP contribution in [0.1, 0.15) is 20.1 Å². The van der Waals surface area contributed by atoms with Gasteiger partial charge < -0.3 is 30.2 Å². The van der Waals surface area contributed by atoms with E-state index in [-0.39, 0.29) is 24.5 Å². The number of ether oxygens (including phenoxy) is 3. The van der Waals surface area contributed by atoms with Crippen molar-refractivity contribution in [3.8, 4) is 0 Å². The molecule has 2 aromatic rings. The summed E-state index contributed by atoms with van der Waals surface area (Å²) in [7, 11) is 3.86.